The average Bonchev–Trinajstić information content (AvgIpc) is 3.06. The van der Waals surface area contributed by atoms with E-state index in [1.807, 2.05) is 18.2 Å². The molecule has 0 bridgehead atoms. The lowest BCUT2D eigenvalue weighted by Crippen LogP contribution is -2.32. The van der Waals surface area contributed by atoms with Gasteiger partial charge in [-0.05, 0) is 36.8 Å². The van der Waals surface area contributed by atoms with Gasteiger partial charge in [-0.15, -0.1) is 11.8 Å². The van der Waals surface area contributed by atoms with E-state index in [-0.39, 0.29) is 11.5 Å². The van der Waals surface area contributed by atoms with Gasteiger partial charge in [0.15, 0.2) is 5.76 Å². The van der Waals surface area contributed by atoms with Crippen LogP contribution in [-0.2, 0) is 6.54 Å². The number of para-hydroxylation sites is 1. The van der Waals surface area contributed by atoms with Crippen LogP contribution >= 0.6 is 11.8 Å². The fraction of sp³-hybridized carbons (Fsp3) is 0.238. The molecule has 138 valence electrons. The van der Waals surface area contributed by atoms with Crippen molar-refractivity contribution in [2.45, 2.75) is 30.0 Å². The summed E-state index contributed by atoms with van der Waals surface area (Å²) < 4.78 is 7.33. The summed E-state index contributed by atoms with van der Waals surface area (Å²) in [6, 6.07) is 16.4. The third-order valence-corrected chi connectivity index (χ3v) is 5.82. The Labute approximate surface area is 161 Å². The van der Waals surface area contributed by atoms with Crippen molar-refractivity contribution in [2.24, 2.45) is 0 Å². The van der Waals surface area contributed by atoms with Crippen LogP contribution in [0.2, 0.25) is 0 Å². The van der Waals surface area contributed by atoms with Gasteiger partial charge in [-0.25, -0.2) is 0 Å². The maximum absolute atomic E-state index is 13.1. The highest BCUT2D eigenvalue weighted by molar-refractivity contribution is 8.00. The largest absolute Gasteiger partial charge is 0.454 e. The molecule has 2 aromatic heterocycles. The number of amides is 1. The monoisotopic (exact) mass is 380 g/mol. The number of nitrogens with zero attached hydrogens (tertiary/aromatic N) is 2. The van der Waals surface area contributed by atoms with Gasteiger partial charge in [0.2, 0.25) is 0 Å². The average molecular weight is 380 g/mol. The van der Waals surface area contributed by atoms with Gasteiger partial charge in [0.1, 0.15) is 5.76 Å². The maximum atomic E-state index is 13.1. The predicted octanol–water partition coefficient (Wildman–Crippen LogP) is 4.02. The van der Waals surface area contributed by atoms with Crippen molar-refractivity contribution in [3.8, 4) is 0 Å². The lowest BCUT2D eigenvalue weighted by atomic mass is 10.2. The van der Waals surface area contributed by atoms with Crippen LogP contribution in [0, 0.1) is 0 Å². The number of anilines is 1. The highest BCUT2D eigenvalue weighted by Crippen LogP contribution is 2.37. The van der Waals surface area contributed by atoms with Crippen molar-refractivity contribution in [2.75, 3.05) is 11.4 Å². The number of furan rings is 1. The molecule has 1 aliphatic heterocycles. The first-order valence-corrected chi connectivity index (χ1v) is 9.81. The van der Waals surface area contributed by atoms with Gasteiger partial charge in [-0.1, -0.05) is 25.1 Å². The van der Waals surface area contributed by atoms with Crippen molar-refractivity contribution < 1.29 is 9.21 Å². The highest BCUT2D eigenvalue weighted by atomic mass is 32.2. The first-order valence-electron chi connectivity index (χ1n) is 8.93. The molecule has 4 rings (SSSR count). The van der Waals surface area contributed by atoms with Crippen LogP contribution in [0.15, 0.2) is 74.9 Å². The smallest absolute Gasteiger partial charge is 0.294 e. The Morgan fingerprint density at radius 2 is 1.96 bits per heavy atom. The zero-order valence-electron chi connectivity index (χ0n) is 15.0. The van der Waals surface area contributed by atoms with Crippen LogP contribution in [0.4, 0.5) is 5.69 Å². The predicted molar refractivity (Wildman–Crippen MR) is 107 cm³/mol. The van der Waals surface area contributed by atoms with E-state index >= 15 is 0 Å². The van der Waals surface area contributed by atoms with Crippen molar-refractivity contribution in [1.29, 1.82) is 0 Å². The van der Waals surface area contributed by atoms with Gasteiger partial charge >= 0.3 is 0 Å². The lowest BCUT2D eigenvalue weighted by molar-refractivity contribution is 0.0958. The molecule has 1 amide bonds. The Bertz CT molecular complexity index is 1020. The fourth-order valence-electron chi connectivity index (χ4n) is 3.17. The summed E-state index contributed by atoms with van der Waals surface area (Å²) in [5.41, 5.74) is 0.823. The molecule has 0 saturated heterocycles. The van der Waals surface area contributed by atoms with Crippen LogP contribution in [0.3, 0.4) is 0 Å². The summed E-state index contributed by atoms with van der Waals surface area (Å²) >= 11 is 1.80. The Kier molecular flexibility index (Phi) is 4.90. The molecule has 0 saturated carbocycles. The molecule has 0 aliphatic carbocycles. The van der Waals surface area contributed by atoms with E-state index in [4.69, 9.17) is 4.42 Å². The number of fused-ring (bicyclic) bond motifs is 1. The van der Waals surface area contributed by atoms with E-state index in [0.717, 1.165) is 17.0 Å². The summed E-state index contributed by atoms with van der Waals surface area (Å²) in [4.78, 5) is 27.9. The van der Waals surface area contributed by atoms with Crippen LogP contribution < -0.4 is 10.5 Å². The summed E-state index contributed by atoms with van der Waals surface area (Å²) in [5, 5.41) is 0.445. The normalized spacial score (nSPS) is 16.6. The Balaban J connectivity index is 1.59. The summed E-state index contributed by atoms with van der Waals surface area (Å²) in [6.45, 7) is 3.13. The van der Waals surface area contributed by atoms with Crippen LogP contribution in [0.5, 0.6) is 0 Å². The van der Waals surface area contributed by atoms with Crippen LogP contribution in [-0.4, -0.2) is 22.3 Å². The molecule has 1 aromatic carbocycles. The minimum atomic E-state index is -0.149. The minimum absolute atomic E-state index is 0.103. The Morgan fingerprint density at radius 3 is 2.81 bits per heavy atom. The zero-order chi connectivity index (χ0) is 18.8. The molecule has 3 heterocycles. The second kappa shape index (κ2) is 7.48. The Morgan fingerprint density at radius 1 is 1.15 bits per heavy atom. The van der Waals surface area contributed by atoms with E-state index in [1.165, 1.54) is 6.07 Å². The summed E-state index contributed by atoms with van der Waals surface area (Å²) in [5.74, 6) is 0.727. The van der Waals surface area contributed by atoms with E-state index in [2.05, 4.69) is 13.0 Å². The second-order valence-electron chi connectivity index (χ2n) is 6.57. The first-order chi connectivity index (χ1) is 13.1. The quantitative estimate of drug-likeness (QED) is 0.689. The molecule has 0 N–H and O–H groups in total. The van der Waals surface area contributed by atoms with Crippen molar-refractivity contribution >= 4 is 23.4 Å². The SMILES string of the molecule is CC1CCN(C(=O)c2ccc(Cn3ccccc3=O)o2)c2ccccc2S1. The molecular formula is C21H20N2O3S. The van der Waals surface area contributed by atoms with E-state index in [9.17, 15) is 9.59 Å². The number of benzene rings is 1. The van der Waals surface area contributed by atoms with E-state index < -0.39 is 0 Å². The second-order valence-corrected chi connectivity index (χ2v) is 8.05. The minimum Gasteiger partial charge on any atom is -0.454 e. The van der Waals surface area contributed by atoms with Gasteiger partial charge in [0, 0.05) is 29.0 Å². The summed E-state index contributed by atoms with van der Waals surface area (Å²) in [6.07, 6.45) is 2.62. The molecule has 1 aliphatic rings. The maximum Gasteiger partial charge on any atom is 0.294 e. The van der Waals surface area contributed by atoms with E-state index in [1.54, 1.807) is 51.7 Å². The number of hydrogen-bond donors (Lipinski definition) is 0. The van der Waals surface area contributed by atoms with Crippen LogP contribution in [0.1, 0.15) is 29.7 Å². The molecule has 0 spiro atoms. The molecule has 5 nitrogen and oxygen atoms in total. The molecule has 6 heteroatoms. The molecule has 1 atom stereocenters. The zero-order valence-corrected chi connectivity index (χ0v) is 15.8. The molecule has 0 radical (unpaired) electrons. The number of aromatic nitrogens is 1. The van der Waals surface area contributed by atoms with Gasteiger partial charge in [0.05, 0.1) is 12.2 Å². The fourth-order valence-corrected chi connectivity index (χ4v) is 4.28. The third kappa shape index (κ3) is 3.71. The molecule has 0 fully saturated rings. The van der Waals surface area contributed by atoms with Crippen LogP contribution in [0.25, 0.3) is 0 Å². The van der Waals surface area contributed by atoms with Crippen molar-refractivity contribution in [3.63, 3.8) is 0 Å². The topological polar surface area (TPSA) is 55.5 Å². The number of carbonyl (C=O) groups is 1. The lowest BCUT2D eigenvalue weighted by Gasteiger charge is -2.21. The highest BCUT2D eigenvalue weighted by Gasteiger charge is 2.26. The number of carbonyl (C=O) groups excluding carboxylic acids is 1. The molecule has 1 unspecified atom stereocenters. The van der Waals surface area contributed by atoms with Gasteiger partial charge in [-0.2, -0.15) is 0 Å². The molecule has 27 heavy (non-hydrogen) atoms. The molecule has 3 aromatic rings. The first kappa shape index (κ1) is 17.7. The molecular weight excluding hydrogens is 360 g/mol. The number of thioether (sulfide) groups is 1. The number of pyridine rings is 1. The van der Waals surface area contributed by atoms with E-state index in [0.29, 0.717) is 29.9 Å². The Hall–Kier alpha value is -2.73. The third-order valence-electron chi connectivity index (χ3n) is 4.59. The summed E-state index contributed by atoms with van der Waals surface area (Å²) in [7, 11) is 0. The van der Waals surface area contributed by atoms with Gasteiger partial charge in [-0.3, -0.25) is 9.59 Å². The van der Waals surface area contributed by atoms with Crippen molar-refractivity contribution in [1.82, 2.24) is 4.57 Å². The number of hydrogen-bond acceptors (Lipinski definition) is 4. The number of rotatable bonds is 3. The van der Waals surface area contributed by atoms with Gasteiger partial charge < -0.3 is 13.9 Å². The van der Waals surface area contributed by atoms with Gasteiger partial charge in [0.25, 0.3) is 11.5 Å². The standard InChI is InChI=1S/C21H20N2O3S/c1-15-11-13-23(17-6-2-3-7-19(17)27-15)21(25)18-10-9-16(26-18)14-22-12-5-4-8-20(22)24/h2-10,12,15H,11,13-14H2,1H3. The van der Waals surface area contributed by atoms with Crippen molar-refractivity contribution in [3.05, 3.63) is 82.7 Å².